The van der Waals surface area contributed by atoms with Gasteiger partial charge in [0.1, 0.15) is 0 Å². The monoisotopic (exact) mass is 290 g/mol. The van der Waals surface area contributed by atoms with E-state index in [4.69, 9.17) is 27.9 Å². The summed E-state index contributed by atoms with van der Waals surface area (Å²) in [4.78, 5) is 4.36. The van der Waals surface area contributed by atoms with Gasteiger partial charge in [-0.15, -0.1) is 0 Å². The van der Waals surface area contributed by atoms with Crippen molar-refractivity contribution in [2.24, 2.45) is 5.92 Å². The second-order valence-electron chi connectivity index (χ2n) is 4.31. The Balaban J connectivity index is 2.88. The van der Waals surface area contributed by atoms with Gasteiger partial charge in [0, 0.05) is 19.9 Å². The van der Waals surface area contributed by atoms with E-state index in [1.165, 1.54) is 0 Å². The van der Waals surface area contributed by atoms with Crippen LogP contribution >= 0.6 is 23.2 Å². The normalized spacial score (nSPS) is 14.5. The van der Waals surface area contributed by atoms with Gasteiger partial charge in [0.25, 0.3) is 0 Å². The van der Waals surface area contributed by atoms with E-state index in [-0.39, 0.29) is 6.04 Å². The van der Waals surface area contributed by atoms with E-state index < -0.39 is 0 Å². The average Bonchev–Trinajstić information content (AvgIpc) is 2.34. The van der Waals surface area contributed by atoms with Crippen LogP contribution < -0.4 is 5.32 Å². The first-order valence-corrected chi connectivity index (χ1v) is 6.89. The quantitative estimate of drug-likeness (QED) is 0.831. The molecule has 1 N–H and O–H groups in total. The highest BCUT2D eigenvalue weighted by Crippen LogP contribution is 2.29. The summed E-state index contributed by atoms with van der Waals surface area (Å²) in [6, 6.07) is 1.86. The van der Waals surface area contributed by atoms with Gasteiger partial charge in [0.2, 0.25) is 0 Å². The molecule has 0 aliphatic carbocycles. The lowest BCUT2D eigenvalue weighted by atomic mass is 9.95. The van der Waals surface area contributed by atoms with E-state index in [2.05, 4.69) is 24.1 Å². The number of aromatic nitrogens is 1. The second-order valence-corrected chi connectivity index (χ2v) is 5.16. The molecular weight excluding hydrogens is 271 g/mol. The van der Waals surface area contributed by atoms with Crippen LogP contribution in [0, 0.1) is 5.92 Å². The van der Waals surface area contributed by atoms with Gasteiger partial charge in [0.15, 0.2) is 0 Å². The Morgan fingerprint density at radius 1 is 1.44 bits per heavy atom. The molecule has 1 aromatic heterocycles. The van der Waals surface area contributed by atoms with Crippen LogP contribution in [0.5, 0.6) is 0 Å². The number of ether oxygens (including phenoxy) is 1. The summed E-state index contributed by atoms with van der Waals surface area (Å²) in [5, 5.41) is 4.59. The zero-order valence-corrected chi connectivity index (χ0v) is 12.6. The molecule has 2 atom stereocenters. The highest BCUT2D eigenvalue weighted by atomic mass is 35.5. The zero-order chi connectivity index (χ0) is 13.5. The Kier molecular flexibility index (Phi) is 6.94. The lowest BCUT2D eigenvalue weighted by Gasteiger charge is -2.25. The van der Waals surface area contributed by atoms with Gasteiger partial charge >= 0.3 is 0 Å². The molecule has 1 rings (SSSR count). The number of methoxy groups -OCH3 is 1. The molecule has 1 heterocycles. The SMILES string of the molecule is CCNC(c1ncc(Cl)cc1Cl)C(C)CCOC. The van der Waals surface area contributed by atoms with Crippen molar-refractivity contribution in [3.63, 3.8) is 0 Å². The van der Waals surface area contributed by atoms with Gasteiger partial charge in [0.05, 0.1) is 21.8 Å². The number of nitrogens with one attached hydrogen (secondary N) is 1. The molecule has 18 heavy (non-hydrogen) atoms. The Labute approximate surface area is 119 Å². The number of pyridine rings is 1. The molecule has 5 heteroatoms. The molecule has 2 unspecified atom stereocenters. The number of rotatable bonds is 7. The molecule has 1 aromatic rings. The summed E-state index contributed by atoms with van der Waals surface area (Å²) in [6.07, 6.45) is 2.59. The van der Waals surface area contributed by atoms with Crippen molar-refractivity contribution in [1.82, 2.24) is 10.3 Å². The van der Waals surface area contributed by atoms with Crippen LogP contribution in [-0.2, 0) is 4.74 Å². The van der Waals surface area contributed by atoms with Gasteiger partial charge in [-0.2, -0.15) is 0 Å². The molecule has 0 radical (unpaired) electrons. The second kappa shape index (κ2) is 7.95. The van der Waals surface area contributed by atoms with Crippen molar-refractivity contribution in [3.8, 4) is 0 Å². The van der Waals surface area contributed by atoms with Gasteiger partial charge in [-0.3, -0.25) is 4.98 Å². The molecule has 0 bridgehead atoms. The van der Waals surface area contributed by atoms with E-state index in [0.29, 0.717) is 16.0 Å². The van der Waals surface area contributed by atoms with Crippen LogP contribution in [0.15, 0.2) is 12.3 Å². The van der Waals surface area contributed by atoms with E-state index in [1.807, 2.05) is 0 Å². The fourth-order valence-electron chi connectivity index (χ4n) is 1.91. The minimum absolute atomic E-state index is 0.120. The summed E-state index contributed by atoms with van der Waals surface area (Å²) in [5.41, 5.74) is 0.853. The van der Waals surface area contributed by atoms with E-state index >= 15 is 0 Å². The summed E-state index contributed by atoms with van der Waals surface area (Å²) < 4.78 is 5.12. The minimum atomic E-state index is 0.120. The maximum Gasteiger partial charge on any atom is 0.0762 e. The fraction of sp³-hybridized carbons (Fsp3) is 0.615. The average molecular weight is 291 g/mol. The molecule has 0 fully saturated rings. The molecule has 0 saturated carbocycles. The highest BCUT2D eigenvalue weighted by Gasteiger charge is 2.22. The summed E-state index contributed by atoms with van der Waals surface area (Å²) in [5.74, 6) is 0.385. The van der Waals surface area contributed by atoms with E-state index in [9.17, 15) is 0 Å². The number of halogens is 2. The summed E-state index contributed by atoms with van der Waals surface area (Å²) in [6.45, 7) is 5.83. The molecule has 0 aliphatic heterocycles. The zero-order valence-electron chi connectivity index (χ0n) is 11.0. The van der Waals surface area contributed by atoms with Gasteiger partial charge in [-0.05, 0) is 24.9 Å². The van der Waals surface area contributed by atoms with Gasteiger partial charge < -0.3 is 10.1 Å². The van der Waals surface area contributed by atoms with Crippen molar-refractivity contribution in [1.29, 1.82) is 0 Å². The van der Waals surface area contributed by atoms with Crippen LogP contribution in [0.3, 0.4) is 0 Å². The Hall–Kier alpha value is -0.350. The third-order valence-electron chi connectivity index (χ3n) is 2.90. The standard InChI is InChI=1S/C13H20Cl2N2O/c1-4-16-12(9(2)5-6-18-3)13-11(15)7-10(14)8-17-13/h7-9,12,16H,4-6H2,1-3H3. The van der Waals surface area contributed by atoms with Gasteiger partial charge in [-0.1, -0.05) is 37.0 Å². The van der Waals surface area contributed by atoms with Crippen molar-refractivity contribution in [2.75, 3.05) is 20.3 Å². The van der Waals surface area contributed by atoms with Crippen LogP contribution in [0.4, 0.5) is 0 Å². The molecule has 0 aliphatic rings. The third-order valence-corrected chi connectivity index (χ3v) is 3.41. The third kappa shape index (κ3) is 4.39. The predicted molar refractivity (Wildman–Crippen MR) is 76.3 cm³/mol. The van der Waals surface area contributed by atoms with Crippen LogP contribution in [0.1, 0.15) is 32.0 Å². The first kappa shape index (κ1) is 15.7. The fourth-order valence-corrected chi connectivity index (χ4v) is 2.41. The van der Waals surface area contributed by atoms with Crippen molar-refractivity contribution >= 4 is 23.2 Å². The van der Waals surface area contributed by atoms with Crippen molar-refractivity contribution in [3.05, 3.63) is 28.0 Å². The van der Waals surface area contributed by atoms with E-state index in [1.54, 1.807) is 19.4 Å². The van der Waals surface area contributed by atoms with Crippen molar-refractivity contribution < 1.29 is 4.74 Å². The van der Waals surface area contributed by atoms with Gasteiger partial charge in [-0.25, -0.2) is 0 Å². The lowest BCUT2D eigenvalue weighted by molar-refractivity contribution is 0.170. The highest BCUT2D eigenvalue weighted by molar-refractivity contribution is 6.34. The Bertz CT molecular complexity index is 374. The maximum absolute atomic E-state index is 6.22. The summed E-state index contributed by atoms with van der Waals surface area (Å²) >= 11 is 12.1. The minimum Gasteiger partial charge on any atom is -0.385 e. The first-order valence-electron chi connectivity index (χ1n) is 6.13. The van der Waals surface area contributed by atoms with Crippen molar-refractivity contribution in [2.45, 2.75) is 26.3 Å². The van der Waals surface area contributed by atoms with Crippen LogP contribution in [-0.4, -0.2) is 25.2 Å². The Morgan fingerprint density at radius 2 is 2.17 bits per heavy atom. The largest absolute Gasteiger partial charge is 0.385 e. The number of hydrogen-bond donors (Lipinski definition) is 1. The van der Waals surface area contributed by atoms with E-state index in [0.717, 1.165) is 25.3 Å². The molecule has 3 nitrogen and oxygen atoms in total. The molecule has 0 saturated heterocycles. The number of nitrogens with zero attached hydrogens (tertiary/aromatic N) is 1. The molecular formula is C13H20Cl2N2O. The lowest BCUT2D eigenvalue weighted by Crippen LogP contribution is -2.28. The summed E-state index contributed by atoms with van der Waals surface area (Å²) in [7, 11) is 1.71. The molecule has 0 aromatic carbocycles. The topological polar surface area (TPSA) is 34.2 Å². The van der Waals surface area contributed by atoms with Crippen LogP contribution in [0.25, 0.3) is 0 Å². The number of hydrogen-bond acceptors (Lipinski definition) is 3. The Morgan fingerprint density at radius 3 is 2.72 bits per heavy atom. The maximum atomic E-state index is 6.22. The molecule has 0 amide bonds. The van der Waals surface area contributed by atoms with Crippen LogP contribution in [0.2, 0.25) is 10.0 Å². The molecule has 0 spiro atoms. The molecule has 102 valence electrons. The smallest absolute Gasteiger partial charge is 0.0762 e. The first-order chi connectivity index (χ1) is 8.60. The predicted octanol–water partition coefficient (Wildman–Crippen LogP) is 3.71.